The van der Waals surface area contributed by atoms with Crippen molar-refractivity contribution in [2.75, 3.05) is 24.9 Å². The third-order valence-electron chi connectivity index (χ3n) is 1.63. The van der Waals surface area contributed by atoms with E-state index < -0.39 is 0 Å². The number of rotatable bonds is 5. The van der Waals surface area contributed by atoms with Crippen LogP contribution in [0.1, 0.15) is 0 Å². The number of methoxy groups -OCH3 is 1. The van der Waals surface area contributed by atoms with E-state index in [0.717, 1.165) is 5.82 Å². The molecule has 0 aliphatic rings. The van der Waals surface area contributed by atoms with Gasteiger partial charge in [-0.05, 0) is 12.1 Å². The fraction of sp³-hybridized carbons (Fsp3) is 0.444. The van der Waals surface area contributed by atoms with E-state index in [2.05, 4.69) is 10.3 Å². The van der Waals surface area contributed by atoms with Gasteiger partial charge in [0.25, 0.3) is 0 Å². The second kappa shape index (κ2) is 6.06. The number of ether oxygens (including phenoxy) is 1. The number of hydrogen-bond donors (Lipinski definition) is 1. The fourth-order valence-electron chi connectivity index (χ4n) is 0.996. The maximum absolute atomic E-state index is 5.73. The minimum Gasteiger partial charge on any atom is -0.383 e. The van der Waals surface area contributed by atoms with E-state index in [1.165, 1.54) is 0 Å². The summed E-state index contributed by atoms with van der Waals surface area (Å²) < 4.78 is 4.99. The van der Waals surface area contributed by atoms with E-state index in [1.807, 2.05) is 0 Å². The minimum absolute atomic E-state index is 0.0651. The Bertz CT molecular complexity index is 266. The van der Waals surface area contributed by atoms with Crippen LogP contribution in [0.25, 0.3) is 0 Å². The lowest BCUT2D eigenvalue weighted by Gasteiger charge is -2.15. The standard InChI is InChI=1S/C9H12Cl2N2O/c1-14-6-8(4-10)13-9-3-2-7(11)5-12-9/h2-3,5,8H,4,6H2,1H3,(H,12,13). The monoisotopic (exact) mass is 234 g/mol. The van der Waals surface area contributed by atoms with E-state index in [0.29, 0.717) is 17.5 Å². The first-order valence-electron chi connectivity index (χ1n) is 4.19. The maximum Gasteiger partial charge on any atom is 0.126 e. The molecule has 0 aliphatic carbocycles. The summed E-state index contributed by atoms with van der Waals surface area (Å²) in [5.41, 5.74) is 0. The molecule has 0 aliphatic heterocycles. The molecule has 0 saturated heterocycles. The third kappa shape index (κ3) is 3.70. The number of alkyl halides is 1. The van der Waals surface area contributed by atoms with Gasteiger partial charge >= 0.3 is 0 Å². The van der Waals surface area contributed by atoms with Crippen LogP contribution in [0.15, 0.2) is 18.3 Å². The molecule has 78 valence electrons. The number of halogens is 2. The van der Waals surface area contributed by atoms with Crippen LogP contribution in [0.2, 0.25) is 5.02 Å². The van der Waals surface area contributed by atoms with E-state index >= 15 is 0 Å². The molecule has 1 heterocycles. The van der Waals surface area contributed by atoms with Crippen LogP contribution < -0.4 is 5.32 Å². The van der Waals surface area contributed by atoms with Crippen LogP contribution in [0, 0.1) is 0 Å². The first-order chi connectivity index (χ1) is 6.76. The Hall–Kier alpha value is -0.510. The smallest absolute Gasteiger partial charge is 0.126 e. The summed E-state index contributed by atoms with van der Waals surface area (Å²) in [6, 6.07) is 3.64. The normalized spacial score (nSPS) is 12.5. The largest absolute Gasteiger partial charge is 0.383 e. The van der Waals surface area contributed by atoms with Crippen molar-refractivity contribution in [1.29, 1.82) is 0 Å². The van der Waals surface area contributed by atoms with Gasteiger partial charge in [0, 0.05) is 19.2 Å². The number of nitrogens with zero attached hydrogens (tertiary/aromatic N) is 1. The van der Waals surface area contributed by atoms with Crippen LogP contribution >= 0.6 is 23.2 Å². The van der Waals surface area contributed by atoms with E-state index in [4.69, 9.17) is 27.9 Å². The molecule has 0 aromatic carbocycles. The third-order valence-corrected chi connectivity index (χ3v) is 2.23. The fourth-order valence-corrected chi connectivity index (χ4v) is 1.27. The average molecular weight is 235 g/mol. The van der Waals surface area contributed by atoms with Crippen molar-refractivity contribution in [3.8, 4) is 0 Å². The molecule has 5 heteroatoms. The number of anilines is 1. The van der Waals surface area contributed by atoms with Crippen molar-refractivity contribution < 1.29 is 4.74 Å². The van der Waals surface area contributed by atoms with Crippen molar-refractivity contribution >= 4 is 29.0 Å². The van der Waals surface area contributed by atoms with Gasteiger partial charge < -0.3 is 10.1 Å². The molecule has 3 nitrogen and oxygen atoms in total. The molecule has 14 heavy (non-hydrogen) atoms. The first kappa shape index (κ1) is 11.6. The Kier molecular flexibility index (Phi) is 5.01. The van der Waals surface area contributed by atoms with Crippen molar-refractivity contribution in [2.24, 2.45) is 0 Å². The first-order valence-corrected chi connectivity index (χ1v) is 5.10. The minimum atomic E-state index is 0.0651. The molecule has 0 bridgehead atoms. The Morgan fingerprint density at radius 3 is 2.86 bits per heavy atom. The zero-order chi connectivity index (χ0) is 10.4. The van der Waals surface area contributed by atoms with Crippen LogP contribution in [0.3, 0.4) is 0 Å². The van der Waals surface area contributed by atoms with E-state index in [-0.39, 0.29) is 6.04 Å². The van der Waals surface area contributed by atoms with Gasteiger partial charge in [0.1, 0.15) is 5.82 Å². The van der Waals surface area contributed by atoms with Crippen molar-refractivity contribution in [2.45, 2.75) is 6.04 Å². The molecular weight excluding hydrogens is 223 g/mol. The van der Waals surface area contributed by atoms with Crippen LogP contribution in [-0.4, -0.2) is 30.6 Å². The van der Waals surface area contributed by atoms with Gasteiger partial charge in [-0.1, -0.05) is 11.6 Å². The van der Waals surface area contributed by atoms with Gasteiger partial charge in [-0.2, -0.15) is 0 Å². The van der Waals surface area contributed by atoms with Crippen LogP contribution in [0.4, 0.5) is 5.82 Å². The van der Waals surface area contributed by atoms with Gasteiger partial charge in [0.05, 0.1) is 17.7 Å². The predicted molar refractivity (Wildman–Crippen MR) is 59.3 cm³/mol. The Labute approximate surface area is 93.4 Å². The number of nitrogens with one attached hydrogen (secondary N) is 1. The van der Waals surface area contributed by atoms with Crippen molar-refractivity contribution in [3.05, 3.63) is 23.4 Å². The molecule has 1 rings (SSSR count). The number of aromatic nitrogens is 1. The maximum atomic E-state index is 5.73. The van der Waals surface area contributed by atoms with Gasteiger partial charge in [-0.3, -0.25) is 0 Å². The van der Waals surface area contributed by atoms with Crippen LogP contribution in [-0.2, 0) is 4.74 Å². The lowest BCUT2D eigenvalue weighted by atomic mass is 10.3. The zero-order valence-corrected chi connectivity index (χ0v) is 9.35. The van der Waals surface area contributed by atoms with E-state index in [9.17, 15) is 0 Å². The predicted octanol–water partition coefficient (Wildman–Crippen LogP) is 2.40. The van der Waals surface area contributed by atoms with Crippen LogP contribution in [0.5, 0.6) is 0 Å². The molecule has 1 aromatic rings. The summed E-state index contributed by atoms with van der Waals surface area (Å²) in [7, 11) is 1.64. The summed E-state index contributed by atoms with van der Waals surface area (Å²) in [6.45, 7) is 0.549. The average Bonchev–Trinajstić information content (AvgIpc) is 2.20. The van der Waals surface area contributed by atoms with Gasteiger partial charge in [0.15, 0.2) is 0 Å². The molecule has 0 amide bonds. The molecule has 1 unspecified atom stereocenters. The SMILES string of the molecule is COCC(CCl)Nc1ccc(Cl)cn1. The van der Waals surface area contributed by atoms with Gasteiger partial charge in [-0.25, -0.2) is 4.98 Å². The summed E-state index contributed by atoms with van der Waals surface area (Å²) in [6.07, 6.45) is 1.59. The molecule has 1 aromatic heterocycles. The molecule has 1 N–H and O–H groups in total. The van der Waals surface area contributed by atoms with Gasteiger partial charge in [0.2, 0.25) is 0 Å². The lowest BCUT2D eigenvalue weighted by molar-refractivity contribution is 0.191. The highest BCUT2D eigenvalue weighted by molar-refractivity contribution is 6.30. The highest BCUT2D eigenvalue weighted by Crippen LogP contribution is 2.10. The van der Waals surface area contributed by atoms with E-state index in [1.54, 1.807) is 25.4 Å². The highest BCUT2D eigenvalue weighted by Gasteiger charge is 2.06. The molecule has 0 saturated carbocycles. The summed E-state index contributed by atoms with van der Waals surface area (Å²) in [5, 5.41) is 3.75. The Morgan fingerprint density at radius 1 is 1.57 bits per heavy atom. The van der Waals surface area contributed by atoms with Crippen molar-refractivity contribution in [3.63, 3.8) is 0 Å². The number of hydrogen-bond acceptors (Lipinski definition) is 3. The molecular formula is C9H12Cl2N2O. The Balaban J connectivity index is 2.53. The Morgan fingerprint density at radius 2 is 2.36 bits per heavy atom. The highest BCUT2D eigenvalue weighted by atomic mass is 35.5. The summed E-state index contributed by atoms with van der Waals surface area (Å²) in [5.74, 6) is 1.22. The summed E-state index contributed by atoms with van der Waals surface area (Å²) in [4.78, 5) is 4.09. The number of pyridine rings is 1. The summed E-state index contributed by atoms with van der Waals surface area (Å²) >= 11 is 11.4. The van der Waals surface area contributed by atoms with Gasteiger partial charge in [-0.15, -0.1) is 11.6 Å². The zero-order valence-electron chi connectivity index (χ0n) is 7.84. The lowest BCUT2D eigenvalue weighted by Crippen LogP contribution is -2.26. The molecule has 0 fully saturated rings. The molecule has 0 spiro atoms. The topological polar surface area (TPSA) is 34.1 Å². The molecule has 0 radical (unpaired) electrons. The second-order valence-corrected chi connectivity index (χ2v) is 3.56. The van der Waals surface area contributed by atoms with Crippen molar-refractivity contribution in [1.82, 2.24) is 4.98 Å². The quantitative estimate of drug-likeness (QED) is 0.795. The molecule has 1 atom stereocenters. The second-order valence-electron chi connectivity index (χ2n) is 2.81.